The molecule has 8 nitrogen and oxygen atoms in total. The zero-order valence-corrected chi connectivity index (χ0v) is 20.6. The van der Waals surface area contributed by atoms with E-state index in [1.165, 1.54) is 11.6 Å². The Bertz CT molecular complexity index is 1710. The van der Waals surface area contributed by atoms with Crippen molar-refractivity contribution in [1.82, 2.24) is 29.3 Å². The van der Waals surface area contributed by atoms with Gasteiger partial charge in [0.15, 0.2) is 27.0 Å². The standard InChI is InChI=1S/C25H21F3N6O2S/c1-3-37(35,36)20-7-5-4-6-19(20)22-29-12-18-13-30-34(24(18)32-22)14-16-8-10-17(11-9-16)23-31-21(15-33(23)2)25(26,27)28/h4-13,15H,3,14H2,1-2H3. The van der Waals surface area contributed by atoms with Crippen LogP contribution in [0.4, 0.5) is 13.2 Å². The van der Waals surface area contributed by atoms with E-state index >= 15 is 0 Å². The molecule has 0 N–H and O–H groups in total. The Labute approximate surface area is 210 Å². The van der Waals surface area contributed by atoms with E-state index in [4.69, 9.17) is 0 Å². The first-order valence-electron chi connectivity index (χ1n) is 11.3. The van der Waals surface area contributed by atoms with Crippen LogP contribution in [-0.4, -0.2) is 43.5 Å². The van der Waals surface area contributed by atoms with Gasteiger partial charge in [-0.2, -0.15) is 18.3 Å². The molecule has 0 fully saturated rings. The average Bonchev–Trinajstić information content (AvgIpc) is 3.47. The van der Waals surface area contributed by atoms with Crippen molar-refractivity contribution in [2.24, 2.45) is 7.05 Å². The Morgan fingerprint density at radius 1 is 0.973 bits per heavy atom. The lowest BCUT2D eigenvalue weighted by Crippen LogP contribution is -2.07. The van der Waals surface area contributed by atoms with E-state index in [2.05, 4.69) is 20.1 Å². The number of nitrogens with zero attached hydrogens (tertiary/aromatic N) is 6. The maximum Gasteiger partial charge on any atom is 0.434 e. The maximum atomic E-state index is 13.0. The number of aryl methyl sites for hydroxylation is 1. The minimum Gasteiger partial charge on any atom is -0.333 e. The molecule has 5 aromatic rings. The summed E-state index contributed by atoms with van der Waals surface area (Å²) in [4.78, 5) is 12.9. The third kappa shape index (κ3) is 4.71. The highest BCUT2D eigenvalue weighted by Gasteiger charge is 2.34. The van der Waals surface area contributed by atoms with Gasteiger partial charge in [0, 0.05) is 30.6 Å². The molecule has 2 aromatic carbocycles. The molecule has 0 atom stereocenters. The van der Waals surface area contributed by atoms with Gasteiger partial charge >= 0.3 is 6.18 Å². The summed E-state index contributed by atoms with van der Waals surface area (Å²) in [6.45, 7) is 1.92. The van der Waals surface area contributed by atoms with Crippen LogP contribution in [0.25, 0.3) is 33.8 Å². The van der Waals surface area contributed by atoms with Crippen molar-refractivity contribution in [1.29, 1.82) is 0 Å². The second-order valence-electron chi connectivity index (χ2n) is 8.43. The lowest BCUT2D eigenvalue weighted by Gasteiger charge is -2.09. The lowest BCUT2D eigenvalue weighted by atomic mass is 10.1. The van der Waals surface area contributed by atoms with Gasteiger partial charge in [0.2, 0.25) is 0 Å². The average molecular weight is 527 g/mol. The summed E-state index contributed by atoms with van der Waals surface area (Å²) in [6, 6.07) is 13.6. The van der Waals surface area contributed by atoms with Crippen molar-refractivity contribution in [3.05, 3.63) is 78.4 Å². The van der Waals surface area contributed by atoms with Crippen LogP contribution in [0.1, 0.15) is 18.2 Å². The molecule has 37 heavy (non-hydrogen) atoms. The molecule has 0 saturated heterocycles. The number of fused-ring (bicyclic) bond motifs is 1. The molecular formula is C25H21F3N6O2S. The van der Waals surface area contributed by atoms with Gasteiger partial charge < -0.3 is 4.57 Å². The van der Waals surface area contributed by atoms with E-state index in [0.717, 1.165) is 11.8 Å². The third-order valence-electron chi connectivity index (χ3n) is 5.93. The summed E-state index contributed by atoms with van der Waals surface area (Å²) >= 11 is 0. The fourth-order valence-corrected chi connectivity index (χ4v) is 5.08. The van der Waals surface area contributed by atoms with Gasteiger partial charge in [-0.1, -0.05) is 43.3 Å². The first kappa shape index (κ1) is 24.6. The zero-order valence-electron chi connectivity index (χ0n) is 19.8. The van der Waals surface area contributed by atoms with Crippen LogP contribution in [0.3, 0.4) is 0 Å². The smallest absolute Gasteiger partial charge is 0.333 e. The number of halogens is 3. The molecule has 0 unspecified atom stereocenters. The van der Waals surface area contributed by atoms with Crippen molar-refractivity contribution in [2.45, 2.75) is 24.5 Å². The van der Waals surface area contributed by atoms with Crippen LogP contribution < -0.4 is 0 Å². The van der Waals surface area contributed by atoms with Crippen molar-refractivity contribution < 1.29 is 21.6 Å². The molecule has 0 bridgehead atoms. The molecule has 3 heterocycles. The molecule has 0 aliphatic carbocycles. The highest BCUT2D eigenvalue weighted by molar-refractivity contribution is 7.91. The number of sulfone groups is 1. The van der Waals surface area contributed by atoms with E-state index in [-0.39, 0.29) is 22.3 Å². The largest absolute Gasteiger partial charge is 0.434 e. The van der Waals surface area contributed by atoms with E-state index in [1.807, 2.05) is 0 Å². The van der Waals surface area contributed by atoms with Crippen molar-refractivity contribution in [3.63, 3.8) is 0 Å². The Morgan fingerprint density at radius 3 is 2.38 bits per heavy atom. The SMILES string of the molecule is CCS(=O)(=O)c1ccccc1-c1ncc2cnn(Cc3ccc(-c4nc(C(F)(F)F)cn4C)cc3)c2n1. The van der Waals surface area contributed by atoms with Crippen LogP contribution in [-0.2, 0) is 29.6 Å². The molecule has 190 valence electrons. The third-order valence-corrected chi connectivity index (χ3v) is 7.72. The molecule has 0 spiro atoms. The molecule has 0 amide bonds. The van der Waals surface area contributed by atoms with Gasteiger partial charge in [-0.05, 0) is 17.7 Å². The fraction of sp³-hybridized carbons (Fsp3) is 0.200. The number of aromatic nitrogens is 6. The number of imidazole rings is 1. The Kier molecular flexibility index (Phi) is 6.06. The summed E-state index contributed by atoms with van der Waals surface area (Å²) in [6.07, 6.45) is -0.340. The quantitative estimate of drug-likeness (QED) is 0.317. The second kappa shape index (κ2) is 9.11. The summed E-state index contributed by atoms with van der Waals surface area (Å²) in [5.74, 6) is 0.435. The molecule has 0 aliphatic heterocycles. The van der Waals surface area contributed by atoms with Gasteiger partial charge in [0.1, 0.15) is 5.82 Å². The molecule has 0 saturated carbocycles. The molecule has 0 radical (unpaired) electrons. The van der Waals surface area contributed by atoms with Gasteiger partial charge in [-0.15, -0.1) is 0 Å². The van der Waals surface area contributed by atoms with Gasteiger partial charge in [-0.3, -0.25) is 0 Å². The molecule has 0 aliphatic rings. The van der Waals surface area contributed by atoms with Crippen molar-refractivity contribution >= 4 is 20.9 Å². The number of hydrogen-bond donors (Lipinski definition) is 0. The fourth-order valence-electron chi connectivity index (χ4n) is 3.99. The Hall–Kier alpha value is -4.06. The molecule has 12 heteroatoms. The van der Waals surface area contributed by atoms with Crippen LogP contribution in [0, 0.1) is 0 Å². The predicted octanol–water partition coefficient (Wildman–Crippen LogP) is 4.75. The van der Waals surface area contributed by atoms with Crippen LogP contribution in [0.15, 0.2) is 72.0 Å². The van der Waals surface area contributed by atoms with E-state index in [0.29, 0.717) is 28.7 Å². The monoisotopic (exact) mass is 526 g/mol. The maximum absolute atomic E-state index is 13.0. The zero-order chi connectivity index (χ0) is 26.4. The number of hydrogen-bond acceptors (Lipinski definition) is 6. The Morgan fingerprint density at radius 2 is 1.70 bits per heavy atom. The number of rotatable bonds is 6. The topological polar surface area (TPSA) is 95.6 Å². The van der Waals surface area contributed by atoms with Gasteiger partial charge in [0.25, 0.3) is 0 Å². The van der Waals surface area contributed by atoms with Gasteiger partial charge in [0.05, 0.1) is 28.8 Å². The Balaban J connectivity index is 1.46. The first-order valence-corrected chi connectivity index (χ1v) is 12.9. The van der Waals surface area contributed by atoms with E-state index in [1.54, 1.807) is 72.5 Å². The normalized spacial score (nSPS) is 12.4. The molecule has 3 aromatic heterocycles. The summed E-state index contributed by atoms with van der Waals surface area (Å²) in [5, 5.41) is 5.08. The van der Waals surface area contributed by atoms with Crippen molar-refractivity contribution in [3.8, 4) is 22.8 Å². The highest BCUT2D eigenvalue weighted by atomic mass is 32.2. The highest BCUT2D eigenvalue weighted by Crippen LogP contribution is 2.31. The predicted molar refractivity (Wildman–Crippen MR) is 131 cm³/mol. The summed E-state index contributed by atoms with van der Waals surface area (Å²) in [5.41, 5.74) is 1.38. The minimum absolute atomic E-state index is 0.0457. The van der Waals surface area contributed by atoms with Crippen LogP contribution >= 0.6 is 0 Å². The first-order chi connectivity index (χ1) is 17.6. The number of benzene rings is 2. The molecular weight excluding hydrogens is 505 g/mol. The number of alkyl halides is 3. The van der Waals surface area contributed by atoms with Gasteiger partial charge in [-0.25, -0.2) is 28.1 Å². The minimum atomic E-state index is -4.51. The summed E-state index contributed by atoms with van der Waals surface area (Å²) < 4.78 is 67.2. The summed E-state index contributed by atoms with van der Waals surface area (Å²) in [7, 11) is -1.97. The van der Waals surface area contributed by atoms with Crippen molar-refractivity contribution in [2.75, 3.05) is 5.75 Å². The van der Waals surface area contributed by atoms with E-state index in [9.17, 15) is 21.6 Å². The lowest BCUT2D eigenvalue weighted by molar-refractivity contribution is -0.140. The molecule has 5 rings (SSSR count). The van der Waals surface area contributed by atoms with Crippen LogP contribution in [0.2, 0.25) is 0 Å². The van der Waals surface area contributed by atoms with Crippen LogP contribution in [0.5, 0.6) is 0 Å². The second-order valence-corrected chi connectivity index (χ2v) is 10.7. The van der Waals surface area contributed by atoms with E-state index < -0.39 is 21.7 Å².